The topological polar surface area (TPSA) is 40.5 Å². The third-order valence-corrected chi connectivity index (χ3v) is 4.60. The third-order valence-electron chi connectivity index (χ3n) is 4.21. The molecule has 126 valence electrons. The Morgan fingerprint density at radius 3 is 1.88 bits per heavy atom. The van der Waals surface area contributed by atoms with E-state index in [1.165, 1.54) is 5.39 Å². The second kappa shape index (κ2) is 7.04. The first kappa shape index (κ1) is 17.1. The Morgan fingerprint density at radius 2 is 1.20 bits per heavy atom. The van der Waals surface area contributed by atoms with Crippen molar-refractivity contribution in [2.24, 2.45) is 0 Å². The normalized spacial score (nSPS) is 10.5. The number of hydrogen-bond acceptors (Lipinski definition) is 2. The molecule has 4 aromatic carbocycles. The summed E-state index contributed by atoms with van der Waals surface area (Å²) in [6.45, 7) is 3.75. The Morgan fingerprint density at radius 1 is 0.680 bits per heavy atom. The van der Waals surface area contributed by atoms with E-state index in [-0.39, 0.29) is 5.75 Å². The van der Waals surface area contributed by atoms with Crippen LogP contribution in [0.5, 0.6) is 11.5 Å². The number of hydrogen-bond donors (Lipinski definition) is 2. The third kappa shape index (κ3) is 3.54. The summed E-state index contributed by atoms with van der Waals surface area (Å²) in [5, 5.41) is 23.6. The zero-order valence-corrected chi connectivity index (χ0v) is 14.9. The van der Waals surface area contributed by atoms with Gasteiger partial charge in [-0.05, 0) is 59.3 Å². The lowest BCUT2D eigenvalue weighted by Crippen LogP contribution is -1.79. The van der Waals surface area contributed by atoms with Crippen molar-refractivity contribution in [1.29, 1.82) is 0 Å². The predicted molar refractivity (Wildman–Crippen MR) is 106 cm³/mol. The van der Waals surface area contributed by atoms with E-state index in [0.717, 1.165) is 27.3 Å². The molecule has 0 amide bonds. The summed E-state index contributed by atoms with van der Waals surface area (Å²) in [7, 11) is 0. The van der Waals surface area contributed by atoms with Gasteiger partial charge in [0.1, 0.15) is 11.5 Å². The number of rotatable bonds is 0. The summed E-state index contributed by atoms with van der Waals surface area (Å²) in [4.78, 5) is 0. The molecule has 3 heteroatoms. The molecule has 2 N–H and O–H groups in total. The molecule has 0 heterocycles. The van der Waals surface area contributed by atoms with Gasteiger partial charge in [0.05, 0.1) is 5.02 Å². The summed E-state index contributed by atoms with van der Waals surface area (Å²) in [6.07, 6.45) is 0. The molecule has 2 nitrogen and oxygen atoms in total. The van der Waals surface area contributed by atoms with Crippen LogP contribution in [0.15, 0.2) is 66.7 Å². The van der Waals surface area contributed by atoms with Crippen LogP contribution in [0.2, 0.25) is 5.02 Å². The first-order chi connectivity index (χ1) is 12.0. The van der Waals surface area contributed by atoms with Crippen LogP contribution in [-0.2, 0) is 0 Å². The van der Waals surface area contributed by atoms with Crippen molar-refractivity contribution in [3.05, 3.63) is 82.9 Å². The van der Waals surface area contributed by atoms with Gasteiger partial charge in [-0.1, -0.05) is 60.1 Å². The van der Waals surface area contributed by atoms with Crippen molar-refractivity contribution in [1.82, 2.24) is 0 Å². The van der Waals surface area contributed by atoms with Crippen LogP contribution in [-0.4, -0.2) is 10.2 Å². The van der Waals surface area contributed by atoms with Gasteiger partial charge in [0, 0.05) is 5.39 Å². The first-order valence-corrected chi connectivity index (χ1v) is 8.40. The Labute approximate surface area is 151 Å². The van der Waals surface area contributed by atoms with Crippen LogP contribution >= 0.6 is 11.6 Å². The number of phenolic OH excluding ortho intramolecular Hbond substituents is 2. The Hall–Kier alpha value is -2.71. The molecule has 4 rings (SSSR count). The van der Waals surface area contributed by atoms with Crippen LogP contribution in [0.4, 0.5) is 0 Å². The van der Waals surface area contributed by atoms with Crippen LogP contribution in [0, 0.1) is 13.8 Å². The quantitative estimate of drug-likeness (QED) is 0.387. The molecular formula is C22H19ClO2. The Kier molecular flexibility index (Phi) is 4.82. The number of phenols is 2. The van der Waals surface area contributed by atoms with E-state index < -0.39 is 0 Å². The van der Waals surface area contributed by atoms with Gasteiger partial charge in [0.25, 0.3) is 0 Å². The molecule has 0 fully saturated rings. The summed E-state index contributed by atoms with van der Waals surface area (Å²) in [5.41, 5.74) is 1.73. The van der Waals surface area contributed by atoms with Crippen molar-refractivity contribution >= 4 is 33.1 Å². The van der Waals surface area contributed by atoms with Gasteiger partial charge in [0.2, 0.25) is 0 Å². The van der Waals surface area contributed by atoms with Crippen LogP contribution in [0.25, 0.3) is 21.5 Å². The maximum Gasteiger partial charge on any atom is 0.137 e. The van der Waals surface area contributed by atoms with Crippen molar-refractivity contribution in [3.63, 3.8) is 0 Å². The van der Waals surface area contributed by atoms with Gasteiger partial charge in [0.15, 0.2) is 0 Å². The molecule has 0 aliphatic heterocycles. The Bertz CT molecular complexity index is 1010. The fourth-order valence-corrected chi connectivity index (χ4v) is 3.09. The molecule has 0 spiro atoms. The molecule has 0 atom stereocenters. The van der Waals surface area contributed by atoms with Gasteiger partial charge in [-0.25, -0.2) is 0 Å². The molecule has 0 aliphatic carbocycles. The highest BCUT2D eigenvalue weighted by Gasteiger charge is 2.06. The molecule has 0 saturated carbocycles. The highest BCUT2D eigenvalue weighted by Crippen LogP contribution is 2.34. The van der Waals surface area contributed by atoms with Crippen molar-refractivity contribution < 1.29 is 10.2 Å². The van der Waals surface area contributed by atoms with E-state index >= 15 is 0 Å². The summed E-state index contributed by atoms with van der Waals surface area (Å²) >= 11 is 5.98. The minimum Gasteiger partial charge on any atom is -0.508 e. The fourth-order valence-electron chi connectivity index (χ4n) is 2.77. The van der Waals surface area contributed by atoms with Gasteiger partial charge >= 0.3 is 0 Å². The lowest BCUT2D eigenvalue weighted by atomic mass is 10.1. The lowest BCUT2D eigenvalue weighted by molar-refractivity contribution is 0.471. The van der Waals surface area contributed by atoms with E-state index in [1.807, 2.05) is 74.5 Å². The van der Waals surface area contributed by atoms with Crippen LogP contribution in [0.1, 0.15) is 11.1 Å². The number of aromatic hydroxyl groups is 2. The van der Waals surface area contributed by atoms with Gasteiger partial charge in [-0.3, -0.25) is 0 Å². The smallest absolute Gasteiger partial charge is 0.137 e. The highest BCUT2D eigenvalue weighted by atomic mass is 35.5. The van der Waals surface area contributed by atoms with Crippen LogP contribution in [0.3, 0.4) is 0 Å². The summed E-state index contributed by atoms with van der Waals surface area (Å²) in [5.74, 6) is 0.550. The van der Waals surface area contributed by atoms with E-state index in [0.29, 0.717) is 10.8 Å². The first-order valence-electron chi connectivity index (χ1n) is 8.02. The predicted octanol–water partition coefficient (Wildman–Crippen LogP) is 6.36. The number of benzene rings is 4. The maximum absolute atomic E-state index is 9.57. The average molecular weight is 351 g/mol. The molecule has 0 unspecified atom stereocenters. The molecule has 0 aromatic heterocycles. The number of aryl methyl sites for hydroxylation is 2. The number of halogens is 1. The molecule has 0 bridgehead atoms. The van der Waals surface area contributed by atoms with E-state index in [2.05, 4.69) is 0 Å². The molecule has 0 saturated heterocycles. The van der Waals surface area contributed by atoms with E-state index in [9.17, 15) is 10.2 Å². The SMILES string of the molecule is Cc1cc2ccccc2c(Cl)c1O.Cc1cc2ccccc2cc1O. The standard InChI is InChI=1S/C11H9ClO.C11H10O/c1-7-6-8-4-2-3-5-9(8)10(12)11(7)13;1-8-6-9-4-2-3-5-10(9)7-11(8)12/h2-6,13H,1H3;2-7,12H,1H3. The van der Waals surface area contributed by atoms with Crippen molar-refractivity contribution in [3.8, 4) is 11.5 Å². The monoisotopic (exact) mass is 350 g/mol. The minimum absolute atomic E-state index is 0.181. The maximum atomic E-state index is 9.57. The molecule has 25 heavy (non-hydrogen) atoms. The van der Waals surface area contributed by atoms with Gasteiger partial charge in [-0.2, -0.15) is 0 Å². The zero-order chi connectivity index (χ0) is 18.0. The largest absolute Gasteiger partial charge is 0.508 e. The van der Waals surface area contributed by atoms with E-state index in [4.69, 9.17) is 11.6 Å². The average Bonchev–Trinajstić information content (AvgIpc) is 2.61. The second-order valence-electron chi connectivity index (χ2n) is 6.06. The molecule has 4 aromatic rings. The van der Waals surface area contributed by atoms with Crippen molar-refractivity contribution in [2.45, 2.75) is 13.8 Å². The summed E-state index contributed by atoms with van der Waals surface area (Å²) in [6, 6.07) is 21.5. The van der Waals surface area contributed by atoms with Gasteiger partial charge < -0.3 is 10.2 Å². The van der Waals surface area contributed by atoms with Crippen molar-refractivity contribution in [2.75, 3.05) is 0 Å². The van der Waals surface area contributed by atoms with Gasteiger partial charge in [-0.15, -0.1) is 0 Å². The minimum atomic E-state index is 0.181. The second-order valence-corrected chi connectivity index (χ2v) is 6.44. The summed E-state index contributed by atoms with van der Waals surface area (Å²) < 4.78 is 0. The fraction of sp³-hybridized carbons (Fsp3) is 0.0909. The zero-order valence-electron chi connectivity index (χ0n) is 14.1. The van der Waals surface area contributed by atoms with E-state index in [1.54, 1.807) is 6.07 Å². The molecular weight excluding hydrogens is 332 g/mol. The highest BCUT2D eigenvalue weighted by molar-refractivity contribution is 6.37. The molecule has 0 radical (unpaired) electrons. The lowest BCUT2D eigenvalue weighted by Gasteiger charge is -2.05. The number of fused-ring (bicyclic) bond motifs is 2. The van der Waals surface area contributed by atoms with Crippen LogP contribution < -0.4 is 0 Å². The molecule has 0 aliphatic rings. The Balaban J connectivity index is 0.000000146.